The van der Waals surface area contributed by atoms with Gasteiger partial charge in [-0.3, -0.25) is 4.79 Å². The third kappa shape index (κ3) is 2.19. The highest BCUT2D eigenvalue weighted by molar-refractivity contribution is 6.62. The van der Waals surface area contributed by atoms with E-state index >= 15 is 0 Å². The lowest BCUT2D eigenvalue weighted by atomic mass is 9.78. The van der Waals surface area contributed by atoms with Crippen LogP contribution in [-0.2, 0) is 20.5 Å². The quantitative estimate of drug-likeness (QED) is 0.780. The molecule has 0 radical (unpaired) electrons. The molecule has 21 heavy (non-hydrogen) atoms. The Hall–Kier alpha value is -1.33. The van der Waals surface area contributed by atoms with Gasteiger partial charge in [-0.1, -0.05) is 12.1 Å². The van der Waals surface area contributed by atoms with Gasteiger partial charge in [-0.25, -0.2) is 0 Å². The fourth-order valence-corrected chi connectivity index (χ4v) is 2.85. The highest BCUT2D eigenvalue weighted by Crippen LogP contribution is 2.37. The minimum absolute atomic E-state index is 0.165. The Morgan fingerprint density at radius 2 is 1.81 bits per heavy atom. The van der Waals surface area contributed by atoms with Gasteiger partial charge in [0.25, 0.3) is 0 Å². The summed E-state index contributed by atoms with van der Waals surface area (Å²) in [4.78, 5) is 13.8. The van der Waals surface area contributed by atoms with E-state index in [1.165, 1.54) is 0 Å². The standard InChI is InChI=1S/C16H22BNO3/c1-6-18-13-10-12(8-7-11(13)9-14(18)19)17-20-15(2,3)16(4,5)21-17/h7-8,10H,6,9H2,1-5H3. The summed E-state index contributed by atoms with van der Waals surface area (Å²) in [5.41, 5.74) is 2.35. The second kappa shape index (κ2) is 4.58. The average Bonchev–Trinajstić information content (AvgIpc) is 2.81. The molecule has 2 heterocycles. The summed E-state index contributed by atoms with van der Waals surface area (Å²) in [6.45, 7) is 10.9. The van der Waals surface area contributed by atoms with Crippen LogP contribution in [0.25, 0.3) is 0 Å². The van der Waals surface area contributed by atoms with Crippen LogP contribution in [0.4, 0.5) is 5.69 Å². The van der Waals surface area contributed by atoms with Crippen molar-refractivity contribution in [3.63, 3.8) is 0 Å². The zero-order chi connectivity index (χ0) is 15.4. The largest absolute Gasteiger partial charge is 0.494 e. The summed E-state index contributed by atoms with van der Waals surface area (Å²) < 4.78 is 12.2. The summed E-state index contributed by atoms with van der Waals surface area (Å²) >= 11 is 0. The van der Waals surface area contributed by atoms with E-state index in [1.54, 1.807) is 0 Å². The monoisotopic (exact) mass is 287 g/mol. The number of benzene rings is 1. The van der Waals surface area contributed by atoms with Gasteiger partial charge in [-0.05, 0) is 51.7 Å². The van der Waals surface area contributed by atoms with Gasteiger partial charge in [0, 0.05) is 12.2 Å². The van der Waals surface area contributed by atoms with Crippen LogP contribution in [0.3, 0.4) is 0 Å². The van der Waals surface area contributed by atoms with E-state index in [4.69, 9.17) is 9.31 Å². The number of fused-ring (bicyclic) bond motifs is 1. The number of hydrogen-bond donors (Lipinski definition) is 0. The summed E-state index contributed by atoms with van der Waals surface area (Å²) in [7, 11) is -0.380. The molecule has 0 atom stereocenters. The molecule has 1 aromatic rings. The third-order valence-electron chi connectivity index (χ3n) is 4.88. The van der Waals surface area contributed by atoms with E-state index in [0.29, 0.717) is 13.0 Å². The fourth-order valence-electron chi connectivity index (χ4n) is 2.85. The van der Waals surface area contributed by atoms with Gasteiger partial charge in [-0.2, -0.15) is 0 Å². The van der Waals surface area contributed by atoms with E-state index < -0.39 is 0 Å². The lowest BCUT2D eigenvalue weighted by Crippen LogP contribution is -2.41. The number of hydrogen-bond acceptors (Lipinski definition) is 3. The molecular weight excluding hydrogens is 265 g/mol. The molecule has 2 aliphatic rings. The van der Waals surface area contributed by atoms with Crippen LogP contribution in [0.15, 0.2) is 18.2 Å². The van der Waals surface area contributed by atoms with Crippen molar-refractivity contribution in [1.82, 2.24) is 0 Å². The summed E-state index contributed by atoms with van der Waals surface area (Å²) in [6.07, 6.45) is 0.493. The number of amides is 1. The van der Waals surface area contributed by atoms with E-state index in [-0.39, 0.29) is 24.2 Å². The van der Waals surface area contributed by atoms with Gasteiger partial charge in [0.15, 0.2) is 0 Å². The Kier molecular flexibility index (Phi) is 3.19. The first-order valence-corrected chi connectivity index (χ1v) is 7.54. The Morgan fingerprint density at radius 1 is 1.19 bits per heavy atom. The molecule has 0 bridgehead atoms. The van der Waals surface area contributed by atoms with Crippen LogP contribution in [0.2, 0.25) is 0 Å². The molecule has 0 aromatic heterocycles. The van der Waals surface area contributed by atoms with E-state index in [9.17, 15) is 4.79 Å². The molecule has 0 N–H and O–H groups in total. The molecule has 5 heteroatoms. The van der Waals surface area contributed by atoms with Gasteiger partial charge < -0.3 is 14.2 Å². The van der Waals surface area contributed by atoms with Crippen LogP contribution in [0.1, 0.15) is 40.2 Å². The van der Waals surface area contributed by atoms with Gasteiger partial charge in [-0.15, -0.1) is 0 Å². The van der Waals surface area contributed by atoms with Gasteiger partial charge in [0.2, 0.25) is 5.91 Å². The molecule has 1 saturated heterocycles. The molecule has 0 saturated carbocycles. The van der Waals surface area contributed by atoms with E-state index in [1.807, 2.05) is 57.7 Å². The predicted octanol–water partition coefficient (Wildman–Crippen LogP) is 1.89. The van der Waals surface area contributed by atoms with Crippen LogP contribution >= 0.6 is 0 Å². The molecule has 3 rings (SSSR count). The van der Waals surface area contributed by atoms with Crippen LogP contribution < -0.4 is 10.4 Å². The molecule has 0 aliphatic carbocycles. The molecular formula is C16H22BNO3. The van der Waals surface area contributed by atoms with Crippen LogP contribution in [0.5, 0.6) is 0 Å². The van der Waals surface area contributed by atoms with Gasteiger partial charge >= 0.3 is 7.12 Å². The van der Waals surface area contributed by atoms with Crippen molar-refractivity contribution in [1.29, 1.82) is 0 Å². The highest BCUT2D eigenvalue weighted by Gasteiger charge is 2.51. The number of carbonyl (C=O) groups excluding carboxylic acids is 1. The lowest BCUT2D eigenvalue weighted by molar-refractivity contribution is -0.117. The third-order valence-corrected chi connectivity index (χ3v) is 4.88. The second-order valence-corrected chi connectivity index (χ2v) is 6.79. The second-order valence-electron chi connectivity index (χ2n) is 6.79. The molecule has 0 spiro atoms. The van der Waals surface area contributed by atoms with Crippen molar-refractivity contribution in [2.75, 3.05) is 11.4 Å². The average molecular weight is 287 g/mol. The van der Waals surface area contributed by atoms with Crippen molar-refractivity contribution in [2.45, 2.75) is 52.2 Å². The maximum Gasteiger partial charge on any atom is 0.494 e. The minimum atomic E-state index is -0.380. The Balaban J connectivity index is 1.93. The highest BCUT2D eigenvalue weighted by atomic mass is 16.7. The van der Waals surface area contributed by atoms with Crippen molar-refractivity contribution in [2.24, 2.45) is 0 Å². The SMILES string of the molecule is CCN1C(=O)Cc2ccc(B3OC(C)(C)C(C)(C)O3)cc21. The Labute approximate surface area is 126 Å². The fraction of sp³-hybridized carbons (Fsp3) is 0.562. The van der Waals surface area contributed by atoms with Crippen LogP contribution in [0, 0.1) is 0 Å². The Morgan fingerprint density at radius 3 is 2.38 bits per heavy atom. The summed E-state index contributed by atoms with van der Waals surface area (Å²) in [5.74, 6) is 0.165. The smallest absolute Gasteiger partial charge is 0.399 e. The van der Waals surface area contributed by atoms with Crippen molar-refractivity contribution < 1.29 is 14.1 Å². The molecule has 4 nitrogen and oxygen atoms in total. The number of rotatable bonds is 2. The molecule has 0 unspecified atom stereocenters. The summed E-state index contributed by atoms with van der Waals surface area (Å²) in [5, 5.41) is 0. The number of nitrogens with zero attached hydrogens (tertiary/aromatic N) is 1. The molecule has 1 amide bonds. The van der Waals surface area contributed by atoms with Crippen molar-refractivity contribution in [3.05, 3.63) is 23.8 Å². The molecule has 112 valence electrons. The molecule has 1 aromatic carbocycles. The van der Waals surface area contributed by atoms with Crippen molar-refractivity contribution >= 4 is 24.2 Å². The van der Waals surface area contributed by atoms with Crippen LogP contribution in [-0.4, -0.2) is 30.8 Å². The summed E-state index contributed by atoms with van der Waals surface area (Å²) in [6, 6.07) is 6.06. The zero-order valence-electron chi connectivity index (χ0n) is 13.4. The number of likely N-dealkylation sites (N-methyl/N-ethyl adjacent to an activating group) is 1. The predicted molar refractivity (Wildman–Crippen MR) is 83.9 cm³/mol. The van der Waals surface area contributed by atoms with Gasteiger partial charge in [0.05, 0.1) is 17.6 Å². The van der Waals surface area contributed by atoms with Gasteiger partial charge in [0.1, 0.15) is 0 Å². The Bertz CT molecular complexity index is 581. The van der Waals surface area contributed by atoms with E-state index in [2.05, 4.69) is 0 Å². The maximum absolute atomic E-state index is 12.0. The minimum Gasteiger partial charge on any atom is -0.399 e. The first-order chi connectivity index (χ1) is 9.75. The number of carbonyl (C=O) groups is 1. The zero-order valence-corrected chi connectivity index (χ0v) is 13.4. The topological polar surface area (TPSA) is 38.8 Å². The molecule has 2 aliphatic heterocycles. The first-order valence-electron chi connectivity index (χ1n) is 7.54. The number of anilines is 1. The lowest BCUT2D eigenvalue weighted by Gasteiger charge is -2.32. The van der Waals surface area contributed by atoms with Crippen molar-refractivity contribution in [3.8, 4) is 0 Å². The molecule has 1 fully saturated rings. The van der Waals surface area contributed by atoms with E-state index in [0.717, 1.165) is 16.7 Å². The normalized spacial score (nSPS) is 22.8. The first kappa shape index (κ1) is 14.6. The maximum atomic E-state index is 12.0.